The van der Waals surface area contributed by atoms with Gasteiger partial charge in [-0.05, 0) is 24.6 Å². The van der Waals surface area contributed by atoms with Gasteiger partial charge < -0.3 is 15.4 Å². The molecule has 0 unspecified atom stereocenters. The Labute approximate surface area is 208 Å². The van der Waals surface area contributed by atoms with E-state index in [1.165, 1.54) is 0 Å². The predicted molar refractivity (Wildman–Crippen MR) is 136 cm³/mol. The van der Waals surface area contributed by atoms with Crippen molar-refractivity contribution in [1.82, 2.24) is 19.9 Å². The number of carbonyl (C=O) groups is 3. The molecule has 0 atom stereocenters. The molecule has 2 amide bonds. The standard InChI is InChI=1S/C27H27N5O4/c1-17-14-23-29-22(15-21(32(23)31-17)18-8-6-5-7-9-18)30-24(33)19-10-12-20(13-11-19)27(2,3)16-28-25(34)26(35)36-4/h5-15H,16H2,1-4H3,(H,28,34)(H,29,30,33). The summed E-state index contributed by atoms with van der Waals surface area (Å²) in [6.07, 6.45) is 0. The lowest BCUT2D eigenvalue weighted by Crippen LogP contribution is -2.40. The number of methoxy groups -OCH3 is 1. The molecule has 4 rings (SSSR count). The van der Waals surface area contributed by atoms with Gasteiger partial charge in [0.1, 0.15) is 5.82 Å². The Morgan fingerprint density at radius 1 is 1.00 bits per heavy atom. The second-order valence-electron chi connectivity index (χ2n) is 9.04. The molecular weight excluding hydrogens is 458 g/mol. The molecule has 36 heavy (non-hydrogen) atoms. The summed E-state index contributed by atoms with van der Waals surface area (Å²) < 4.78 is 6.19. The smallest absolute Gasteiger partial charge is 0.396 e. The molecule has 0 spiro atoms. The first-order valence-electron chi connectivity index (χ1n) is 11.4. The van der Waals surface area contributed by atoms with Gasteiger partial charge in [-0.25, -0.2) is 14.3 Å². The van der Waals surface area contributed by atoms with Crippen molar-refractivity contribution >= 4 is 29.2 Å². The molecule has 2 aromatic heterocycles. The molecule has 0 aliphatic carbocycles. The first-order chi connectivity index (χ1) is 17.2. The highest BCUT2D eigenvalue weighted by Gasteiger charge is 2.24. The van der Waals surface area contributed by atoms with Gasteiger partial charge in [0.05, 0.1) is 18.5 Å². The van der Waals surface area contributed by atoms with Crippen molar-refractivity contribution in [2.75, 3.05) is 19.0 Å². The Bertz CT molecular complexity index is 1430. The average molecular weight is 486 g/mol. The highest BCUT2D eigenvalue weighted by molar-refractivity contribution is 6.32. The van der Waals surface area contributed by atoms with Crippen LogP contribution in [-0.2, 0) is 19.7 Å². The second kappa shape index (κ2) is 9.99. The zero-order valence-electron chi connectivity index (χ0n) is 20.5. The molecule has 4 aromatic rings. The fourth-order valence-corrected chi connectivity index (χ4v) is 3.80. The summed E-state index contributed by atoms with van der Waals surface area (Å²) in [5, 5.41) is 9.99. The lowest BCUT2D eigenvalue weighted by atomic mass is 9.84. The van der Waals surface area contributed by atoms with E-state index in [4.69, 9.17) is 0 Å². The number of rotatable bonds is 6. The van der Waals surface area contributed by atoms with Gasteiger partial charge in [-0.2, -0.15) is 5.10 Å². The average Bonchev–Trinajstić information content (AvgIpc) is 3.26. The number of hydrogen-bond acceptors (Lipinski definition) is 6. The Hall–Kier alpha value is -4.53. The monoisotopic (exact) mass is 485 g/mol. The molecule has 0 saturated carbocycles. The zero-order chi connectivity index (χ0) is 25.9. The van der Waals surface area contributed by atoms with Crippen LogP contribution in [0.25, 0.3) is 16.9 Å². The van der Waals surface area contributed by atoms with E-state index < -0.39 is 17.3 Å². The van der Waals surface area contributed by atoms with Crippen molar-refractivity contribution in [2.24, 2.45) is 0 Å². The van der Waals surface area contributed by atoms with Gasteiger partial charge in [0, 0.05) is 35.2 Å². The van der Waals surface area contributed by atoms with Crippen LogP contribution >= 0.6 is 0 Å². The Morgan fingerprint density at radius 2 is 1.69 bits per heavy atom. The summed E-state index contributed by atoms with van der Waals surface area (Å²) in [5.74, 6) is -1.62. The normalized spacial score (nSPS) is 11.2. The third-order valence-electron chi connectivity index (χ3n) is 5.85. The van der Waals surface area contributed by atoms with Crippen molar-refractivity contribution < 1.29 is 19.1 Å². The molecule has 2 N–H and O–H groups in total. The SMILES string of the molecule is COC(=O)C(=O)NCC(C)(C)c1ccc(C(=O)Nc2cc(-c3ccccc3)n3nc(C)cc3n2)cc1. The summed E-state index contributed by atoms with van der Waals surface area (Å²) in [7, 11) is 1.16. The maximum atomic E-state index is 13.0. The van der Waals surface area contributed by atoms with Crippen LogP contribution in [-0.4, -0.2) is 46.0 Å². The van der Waals surface area contributed by atoms with Crippen LogP contribution in [0.4, 0.5) is 5.82 Å². The maximum absolute atomic E-state index is 13.0. The summed E-state index contributed by atoms with van der Waals surface area (Å²) >= 11 is 0. The maximum Gasteiger partial charge on any atom is 0.396 e. The fourth-order valence-electron chi connectivity index (χ4n) is 3.80. The zero-order valence-corrected chi connectivity index (χ0v) is 20.5. The number of nitrogens with one attached hydrogen (secondary N) is 2. The van der Waals surface area contributed by atoms with E-state index in [2.05, 4.69) is 25.5 Å². The lowest BCUT2D eigenvalue weighted by molar-refractivity contribution is -0.152. The molecule has 2 heterocycles. The minimum Gasteiger partial charge on any atom is -0.462 e. The number of fused-ring (bicyclic) bond motifs is 1. The topological polar surface area (TPSA) is 115 Å². The number of ether oxygens (including phenoxy) is 1. The third-order valence-corrected chi connectivity index (χ3v) is 5.85. The van der Waals surface area contributed by atoms with Crippen molar-refractivity contribution in [3.8, 4) is 11.3 Å². The van der Waals surface area contributed by atoms with Gasteiger partial charge in [-0.15, -0.1) is 0 Å². The molecule has 0 aliphatic rings. The molecule has 0 bridgehead atoms. The number of carbonyl (C=O) groups excluding carboxylic acids is 3. The molecule has 0 saturated heterocycles. The molecule has 9 nitrogen and oxygen atoms in total. The quantitative estimate of drug-likeness (QED) is 0.319. The number of nitrogens with zero attached hydrogens (tertiary/aromatic N) is 3. The van der Waals surface area contributed by atoms with Gasteiger partial charge in [-0.3, -0.25) is 9.59 Å². The van der Waals surface area contributed by atoms with Gasteiger partial charge in [0.15, 0.2) is 5.65 Å². The van der Waals surface area contributed by atoms with Crippen LogP contribution in [0.3, 0.4) is 0 Å². The molecular formula is C27H27N5O4. The number of hydrogen-bond donors (Lipinski definition) is 2. The van der Waals surface area contributed by atoms with E-state index in [0.29, 0.717) is 17.0 Å². The summed E-state index contributed by atoms with van der Waals surface area (Å²) in [5.41, 5.74) is 4.10. The van der Waals surface area contributed by atoms with Crippen LogP contribution in [0.2, 0.25) is 0 Å². The fraction of sp³-hybridized carbons (Fsp3) is 0.222. The highest BCUT2D eigenvalue weighted by Crippen LogP contribution is 2.25. The number of amides is 2. The van der Waals surface area contributed by atoms with Gasteiger partial charge in [0.25, 0.3) is 5.91 Å². The van der Waals surface area contributed by atoms with E-state index in [1.807, 2.05) is 69.3 Å². The number of anilines is 1. The van der Waals surface area contributed by atoms with Crippen molar-refractivity contribution in [3.05, 3.63) is 83.6 Å². The summed E-state index contributed by atoms with van der Waals surface area (Å²) in [6.45, 7) is 5.98. The van der Waals surface area contributed by atoms with Gasteiger partial charge in [0.2, 0.25) is 0 Å². The summed E-state index contributed by atoms with van der Waals surface area (Å²) in [6, 6.07) is 20.5. The largest absolute Gasteiger partial charge is 0.462 e. The Balaban J connectivity index is 1.52. The number of aromatic nitrogens is 3. The second-order valence-corrected chi connectivity index (χ2v) is 9.04. The molecule has 184 valence electrons. The van der Waals surface area contributed by atoms with Gasteiger partial charge in [-0.1, -0.05) is 56.3 Å². The molecule has 2 aromatic carbocycles. The van der Waals surface area contributed by atoms with E-state index >= 15 is 0 Å². The number of esters is 1. The molecule has 0 fully saturated rings. The molecule has 0 radical (unpaired) electrons. The third kappa shape index (κ3) is 5.25. The van der Waals surface area contributed by atoms with Crippen molar-refractivity contribution in [3.63, 3.8) is 0 Å². The minimum absolute atomic E-state index is 0.226. The Kier molecular flexibility index (Phi) is 6.82. The molecule has 0 aliphatic heterocycles. The predicted octanol–water partition coefficient (Wildman–Crippen LogP) is 3.52. The highest BCUT2D eigenvalue weighted by atomic mass is 16.5. The van der Waals surface area contributed by atoms with E-state index in [1.54, 1.807) is 22.7 Å². The van der Waals surface area contributed by atoms with Crippen molar-refractivity contribution in [2.45, 2.75) is 26.2 Å². The lowest BCUT2D eigenvalue weighted by Gasteiger charge is -2.25. The van der Waals surface area contributed by atoms with E-state index in [0.717, 1.165) is 29.6 Å². The minimum atomic E-state index is -0.939. The summed E-state index contributed by atoms with van der Waals surface area (Å²) in [4.78, 5) is 40.6. The van der Waals surface area contributed by atoms with Crippen LogP contribution < -0.4 is 10.6 Å². The first-order valence-corrected chi connectivity index (χ1v) is 11.4. The van der Waals surface area contributed by atoms with E-state index in [9.17, 15) is 14.4 Å². The van der Waals surface area contributed by atoms with Gasteiger partial charge >= 0.3 is 11.9 Å². The molecule has 9 heteroatoms. The van der Waals surface area contributed by atoms with Crippen LogP contribution in [0, 0.1) is 6.92 Å². The van der Waals surface area contributed by atoms with Crippen molar-refractivity contribution in [1.29, 1.82) is 0 Å². The van der Waals surface area contributed by atoms with Crippen LogP contribution in [0.15, 0.2) is 66.7 Å². The Morgan fingerprint density at radius 3 is 2.36 bits per heavy atom. The first kappa shape index (κ1) is 24.6. The number of benzene rings is 2. The van der Waals surface area contributed by atoms with E-state index in [-0.39, 0.29) is 12.5 Å². The van der Waals surface area contributed by atoms with Crippen LogP contribution in [0.5, 0.6) is 0 Å². The van der Waals surface area contributed by atoms with Crippen LogP contribution in [0.1, 0.15) is 35.5 Å². The number of aryl methyl sites for hydroxylation is 1.